The number of aromatic nitrogens is 1. The molecule has 3 aliphatic rings. The van der Waals surface area contributed by atoms with Gasteiger partial charge in [0.05, 0.1) is 5.69 Å². The van der Waals surface area contributed by atoms with E-state index in [4.69, 9.17) is 0 Å². The number of aryl methyl sites for hydroxylation is 1. The van der Waals surface area contributed by atoms with Crippen LogP contribution in [-0.4, -0.2) is 4.98 Å². The highest BCUT2D eigenvalue weighted by Gasteiger charge is 2.23. The first kappa shape index (κ1) is 36.8. The molecule has 0 saturated carbocycles. The summed E-state index contributed by atoms with van der Waals surface area (Å²) in [6.45, 7) is 4.28. The van der Waals surface area contributed by atoms with Crippen LogP contribution in [0.25, 0.3) is 111 Å². The second-order valence-corrected chi connectivity index (χ2v) is 18.5. The lowest BCUT2D eigenvalue weighted by atomic mass is 9.95. The predicted octanol–water partition coefficient (Wildman–Crippen LogP) is 17.4. The van der Waals surface area contributed by atoms with Gasteiger partial charge in [0.25, 0.3) is 0 Å². The van der Waals surface area contributed by atoms with Crippen molar-refractivity contribution < 1.29 is 0 Å². The van der Waals surface area contributed by atoms with E-state index in [9.17, 15) is 0 Å². The Hall–Kier alpha value is -7.00. The molecule has 0 aliphatic heterocycles. The first-order valence-corrected chi connectivity index (χ1v) is 23.1. The van der Waals surface area contributed by atoms with Crippen LogP contribution in [-0.2, 0) is 0 Å². The van der Waals surface area contributed by atoms with Gasteiger partial charge in [-0.15, -0.1) is 28.4 Å². The number of fused-ring (bicyclic) bond motifs is 10. The molecule has 0 bridgehead atoms. The van der Waals surface area contributed by atoms with Gasteiger partial charge in [-0.1, -0.05) is 140 Å². The third-order valence-corrected chi connectivity index (χ3v) is 15.3. The SMILES string of the molecule is C/C=C\c1cc(-c2cccc3c2sc2c(C4=Cc5c([nH]c6c5C=C(C5=CCC=Cc7c5sc5c(-c8ccc9ccccc9c8)cccc75)C=C=C6)C=CC4)cccc23)ccc1C. The molecule has 62 heavy (non-hydrogen) atoms. The topological polar surface area (TPSA) is 15.8 Å². The minimum absolute atomic E-state index is 0.856. The van der Waals surface area contributed by atoms with Crippen molar-refractivity contribution in [2.45, 2.75) is 26.7 Å². The average molecular weight is 828 g/mol. The lowest BCUT2D eigenvalue weighted by molar-refractivity contribution is 1.34. The largest absolute Gasteiger partial charge is 0.354 e. The molecule has 6 aromatic carbocycles. The second kappa shape index (κ2) is 14.9. The zero-order valence-electron chi connectivity index (χ0n) is 34.6. The minimum Gasteiger partial charge on any atom is -0.354 e. The molecule has 1 nitrogen and oxygen atoms in total. The summed E-state index contributed by atoms with van der Waals surface area (Å²) in [7, 11) is 0. The molecule has 1 N–H and O–H groups in total. The maximum absolute atomic E-state index is 3.78. The maximum Gasteiger partial charge on any atom is 0.0543 e. The van der Waals surface area contributed by atoms with Crippen molar-refractivity contribution in [2.24, 2.45) is 0 Å². The highest BCUT2D eigenvalue weighted by Crippen LogP contribution is 2.48. The van der Waals surface area contributed by atoms with Crippen molar-refractivity contribution >= 4 is 111 Å². The van der Waals surface area contributed by atoms with Gasteiger partial charge in [-0.2, -0.15) is 0 Å². The molecule has 0 fully saturated rings. The molecule has 294 valence electrons. The first-order chi connectivity index (χ1) is 30.6. The number of nitrogens with one attached hydrogen (secondary N) is 1. The van der Waals surface area contributed by atoms with Crippen LogP contribution in [0.15, 0.2) is 157 Å². The van der Waals surface area contributed by atoms with E-state index in [1.54, 1.807) is 0 Å². The molecule has 3 heterocycles. The zero-order valence-corrected chi connectivity index (χ0v) is 36.2. The van der Waals surface area contributed by atoms with Crippen molar-refractivity contribution in [3.63, 3.8) is 0 Å². The van der Waals surface area contributed by atoms with Crippen LogP contribution in [0.5, 0.6) is 0 Å². The summed E-state index contributed by atoms with van der Waals surface area (Å²) in [5, 5.41) is 6.47. The van der Waals surface area contributed by atoms with Gasteiger partial charge >= 0.3 is 0 Å². The Morgan fingerprint density at radius 2 is 1.34 bits per heavy atom. The van der Waals surface area contributed by atoms with Crippen LogP contribution in [0, 0.1) is 6.92 Å². The Labute approximate surface area is 369 Å². The number of benzene rings is 6. The van der Waals surface area contributed by atoms with Crippen LogP contribution in [0.4, 0.5) is 0 Å². The number of hydrogen-bond donors (Lipinski definition) is 1. The number of H-pyrrole nitrogens is 1. The third kappa shape index (κ3) is 6.04. The summed E-state index contributed by atoms with van der Waals surface area (Å²) in [5.74, 6) is 0. The van der Waals surface area contributed by atoms with Crippen LogP contribution >= 0.6 is 22.7 Å². The zero-order chi connectivity index (χ0) is 41.3. The van der Waals surface area contributed by atoms with Gasteiger partial charge in [-0.3, -0.25) is 0 Å². The van der Waals surface area contributed by atoms with E-state index in [-0.39, 0.29) is 0 Å². The summed E-state index contributed by atoms with van der Waals surface area (Å²) in [5.41, 5.74) is 22.3. The monoisotopic (exact) mass is 827 g/mol. The minimum atomic E-state index is 0.856. The van der Waals surface area contributed by atoms with Gasteiger partial charge in [-0.05, 0) is 130 Å². The Morgan fingerprint density at radius 1 is 0.613 bits per heavy atom. The molecule has 0 saturated heterocycles. The third-order valence-electron chi connectivity index (χ3n) is 12.8. The van der Waals surface area contributed by atoms with Crippen molar-refractivity contribution in [2.75, 3.05) is 0 Å². The molecule has 9 aromatic rings. The van der Waals surface area contributed by atoms with E-state index in [2.05, 4.69) is 207 Å². The quantitative estimate of drug-likeness (QED) is 0.166. The molecule has 0 amide bonds. The summed E-state index contributed by atoms with van der Waals surface area (Å²) in [6.07, 6.45) is 26.9. The van der Waals surface area contributed by atoms with E-state index in [1.807, 2.05) is 22.7 Å². The average Bonchev–Trinajstić information content (AvgIpc) is 3.77. The van der Waals surface area contributed by atoms with Gasteiger partial charge in [0.1, 0.15) is 0 Å². The van der Waals surface area contributed by atoms with Crippen LogP contribution in [0.1, 0.15) is 69.4 Å². The van der Waals surface area contributed by atoms with E-state index in [0.29, 0.717) is 0 Å². The fraction of sp³-hybridized carbons (Fsp3) is 0.0678. The van der Waals surface area contributed by atoms with Gasteiger partial charge in [0, 0.05) is 63.6 Å². The van der Waals surface area contributed by atoms with Crippen molar-refractivity contribution in [1.82, 2.24) is 4.98 Å². The van der Waals surface area contributed by atoms with Crippen LogP contribution in [0.2, 0.25) is 0 Å². The van der Waals surface area contributed by atoms with E-state index in [1.165, 1.54) is 118 Å². The van der Waals surface area contributed by atoms with Crippen molar-refractivity contribution in [3.8, 4) is 22.3 Å². The molecule has 0 unspecified atom stereocenters. The lowest BCUT2D eigenvalue weighted by Gasteiger charge is -2.09. The maximum atomic E-state index is 3.78. The highest BCUT2D eigenvalue weighted by molar-refractivity contribution is 7.26. The molecule has 3 aromatic heterocycles. The normalized spacial score (nSPS) is 14.5. The second-order valence-electron chi connectivity index (χ2n) is 16.5. The lowest BCUT2D eigenvalue weighted by Crippen LogP contribution is -1.89. The fourth-order valence-electron chi connectivity index (χ4n) is 9.69. The number of aromatic amines is 1. The standard InChI is InChI=1S/C59H41NS2/c1-3-13-38-32-42(29-28-36(38)2)46-21-11-25-51-50-24-10-20-45(57(50)62-58(46)51)41-17-9-27-55-53(35-41)52-34-40(16-8-26-54(52)60-55)44-18-6-7-19-48-49-23-12-22-47(59(49)61-56(44)48)43-31-30-37-14-4-5-15-39(37)33-43/h3-5,7,9-16,18-35,60H,6,17H2,1-2H3/b13-3-. The highest BCUT2D eigenvalue weighted by atomic mass is 32.1. The predicted molar refractivity (Wildman–Crippen MR) is 273 cm³/mol. The van der Waals surface area contributed by atoms with Crippen molar-refractivity contribution in [3.05, 3.63) is 207 Å². The Balaban J connectivity index is 0.967. The number of allylic oxidation sites excluding steroid dienone is 8. The number of thiophene rings is 2. The Kier molecular flexibility index (Phi) is 8.83. The van der Waals surface area contributed by atoms with Crippen LogP contribution in [0.3, 0.4) is 0 Å². The first-order valence-electron chi connectivity index (χ1n) is 21.5. The molecule has 0 radical (unpaired) electrons. The molecular formula is C59H41NS2. The van der Waals surface area contributed by atoms with Gasteiger partial charge in [0.15, 0.2) is 0 Å². The number of rotatable bonds is 5. The van der Waals surface area contributed by atoms with Gasteiger partial charge in [0.2, 0.25) is 0 Å². The summed E-state index contributed by atoms with van der Waals surface area (Å²) >= 11 is 3.85. The molecule has 0 spiro atoms. The van der Waals surface area contributed by atoms with E-state index < -0.39 is 0 Å². The summed E-state index contributed by atoms with van der Waals surface area (Å²) in [6, 6.07) is 42.8. The fourth-order valence-corrected chi connectivity index (χ4v) is 12.5. The van der Waals surface area contributed by atoms with Crippen molar-refractivity contribution in [1.29, 1.82) is 0 Å². The molecule has 12 rings (SSSR count). The molecule has 3 aliphatic carbocycles. The molecular weight excluding hydrogens is 787 g/mol. The van der Waals surface area contributed by atoms with E-state index >= 15 is 0 Å². The molecule has 0 atom stereocenters. The van der Waals surface area contributed by atoms with Gasteiger partial charge < -0.3 is 4.98 Å². The Bertz CT molecular complexity index is 3630. The van der Waals surface area contributed by atoms with Gasteiger partial charge in [-0.25, -0.2) is 0 Å². The van der Waals surface area contributed by atoms with Crippen LogP contribution < -0.4 is 0 Å². The summed E-state index contributed by atoms with van der Waals surface area (Å²) < 4.78 is 4.01. The Morgan fingerprint density at radius 3 is 2.18 bits per heavy atom. The number of hydrogen-bond acceptors (Lipinski definition) is 2. The molecule has 3 heteroatoms. The van der Waals surface area contributed by atoms with E-state index in [0.717, 1.165) is 24.2 Å². The smallest absolute Gasteiger partial charge is 0.0543 e. The summed E-state index contributed by atoms with van der Waals surface area (Å²) in [4.78, 5) is 5.09.